The number of alkyl halides is 3. The van der Waals surface area contributed by atoms with Crippen LogP contribution in [-0.2, 0) is 0 Å². The van der Waals surface area contributed by atoms with E-state index in [1.165, 1.54) is 5.56 Å². The molecular formula is C15H22F3NS. The first-order valence-corrected chi connectivity index (χ1v) is 8.00. The number of hydrogen-bond donors (Lipinski definition) is 1. The van der Waals surface area contributed by atoms with Crippen molar-refractivity contribution in [1.29, 1.82) is 0 Å². The van der Waals surface area contributed by atoms with Gasteiger partial charge in [-0.05, 0) is 31.4 Å². The van der Waals surface area contributed by atoms with Crippen molar-refractivity contribution in [3.8, 4) is 0 Å². The average Bonchev–Trinajstić information content (AvgIpc) is 2.41. The molecule has 1 rings (SSSR count). The van der Waals surface area contributed by atoms with Crippen molar-refractivity contribution in [2.24, 2.45) is 0 Å². The molecule has 1 atom stereocenters. The van der Waals surface area contributed by atoms with Crippen LogP contribution >= 0.6 is 11.8 Å². The SMILES string of the molecule is CCCNC(CCCCSC(F)(F)F)c1ccccc1. The Balaban J connectivity index is 2.34. The summed E-state index contributed by atoms with van der Waals surface area (Å²) < 4.78 is 36.1. The molecule has 0 radical (unpaired) electrons. The smallest absolute Gasteiger partial charge is 0.310 e. The summed E-state index contributed by atoms with van der Waals surface area (Å²) in [5.41, 5.74) is -2.89. The van der Waals surface area contributed by atoms with Gasteiger partial charge in [0.25, 0.3) is 0 Å². The molecule has 0 aromatic heterocycles. The summed E-state index contributed by atoms with van der Waals surface area (Å²) in [4.78, 5) is 0. The first-order valence-electron chi connectivity index (χ1n) is 7.02. The molecule has 0 aliphatic carbocycles. The van der Waals surface area contributed by atoms with Gasteiger partial charge in [0.2, 0.25) is 0 Å². The van der Waals surface area contributed by atoms with Gasteiger partial charge in [0, 0.05) is 11.8 Å². The molecule has 0 saturated carbocycles. The summed E-state index contributed by atoms with van der Waals surface area (Å²) in [6, 6.07) is 10.3. The third kappa shape index (κ3) is 7.80. The maximum atomic E-state index is 12.0. The van der Waals surface area contributed by atoms with E-state index < -0.39 is 5.51 Å². The molecule has 0 amide bonds. The normalized spacial score (nSPS) is 13.4. The zero-order valence-corrected chi connectivity index (χ0v) is 12.6. The molecule has 1 N–H and O–H groups in total. The summed E-state index contributed by atoms with van der Waals surface area (Å²) in [6.07, 6.45) is 3.33. The summed E-state index contributed by atoms with van der Waals surface area (Å²) in [7, 11) is 0. The zero-order valence-electron chi connectivity index (χ0n) is 11.7. The van der Waals surface area contributed by atoms with Crippen molar-refractivity contribution in [3.05, 3.63) is 35.9 Å². The van der Waals surface area contributed by atoms with Crippen molar-refractivity contribution in [2.75, 3.05) is 12.3 Å². The van der Waals surface area contributed by atoms with Crippen molar-refractivity contribution >= 4 is 11.8 Å². The highest BCUT2D eigenvalue weighted by Crippen LogP contribution is 2.31. The minimum Gasteiger partial charge on any atom is -0.310 e. The first kappa shape index (κ1) is 17.4. The maximum Gasteiger partial charge on any atom is 0.441 e. The molecule has 114 valence electrons. The van der Waals surface area contributed by atoms with Crippen LogP contribution in [0.3, 0.4) is 0 Å². The van der Waals surface area contributed by atoms with E-state index in [0.717, 1.165) is 25.8 Å². The minimum absolute atomic E-state index is 0.0785. The lowest BCUT2D eigenvalue weighted by Gasteiger charge is -2.19. The maximum absolute atomic E-state index is 12.0. The van der Waals surface area contributed by atoms with Gasteiger partial charge in [0.15, 0.2) is 0 Å². The van der Waals surface area contributed by atoms with Gasteiger partial charge in [-0.15, -0.1) is 0 Å². The van der Waals surface area contributed by atoms with Gasteiger partial charge in [-0.3, -0.25) is 0 Å². The van der Waals surface area contributed by atoms with Crippen LogP contribution in [0.25, 0.3) is 0 Å². The fraction of sp³-hybridized carbons (Fsp3) is 0.600. The lowest BCUT2D eigenvalue weighted by Crippen LogP contribution is -2.22. The number of unbranched alkanes of at least 4 members (excludes halogenated alkanes) is 1. The van der Waals surface area contributed by atoms with Crippen molar-refractivity contribution in [3.63, 3.8) is 0 Å². The molecule has 0 saturated heterocycles. The topological polar surface area (TPSA) is 12.0 Å². The third-order valence-electron chi connectivity index (χ3n) is 3.00. The van der Waals surface area contributed by atoms with Crippen LogP contribution in [0, 0.1) is 0 Å². The second-order valence-corrected chi connectivity index (χ2v) is 5.87. The number of halogens is 3. The molecule has 1 unspecified atom stereocenters. The number of hydrogen-bond acceptors (Lipinski definition) is 2. The van der Waals surface area contributed by atoms with Gasteiger partial charge in [-0.2, -0.15) is 13.2 Å². The van der Waals surface area contributed by atoms with Crippen LogP contribution in [0.4, 0.5) is 13.2 Å². The fourth-order valence-corrected chi connectivity index (χ4v) is 2.61. The molecule has 0 fully saturated rings. The van der Waals surface area contributed by atoms with Gasteiger partial charge in [-0.1, -0.05) is 55.4 Å². The second-order valence-electron chi connectivity index (χ2n) is 4.71. The predicted octanol–water partition coefficient (Wildman–Crippen LogP) is 5.15. The van der Waals surface area contributed by atoms with Crippen LogP contribution in [0.1, 0.15) is 44.2 Å². The van der Waals surface area contributed by atoms with Gasteiger partial charge in [0.05, 0.1) is 0 Å². The van der Waals surface area contributed by atoms with Gasteiger partial charge in [-0.25, -0.2) is 0 Å². The molecular weight excluding hydrogens is 283 g/mol. The molecule has 1 aromatic rings. The van der Waals surface area contributed by atoms with Gasteiger partial charge >= 0.3 is 5.51 Å². The van der Waals surface area contributed by atoms with Crippen LogP contribution in [0.5, 0.6) is 0 Å². The lowest BCUT2D eigenvalue weighted by atomic mass is 10.0. The highest BCUT2D eigenvalue weighted by Gasteiger charge is 2.27. The Bertz CT molecular complexity index is 354. The van der Waals surface area contributed by atoms with E-state index in [-0.39, 0.29) is 23.6 Å². The number of nitrogens with one attached hydrogen (secondary N) is 1. The molecule has 0 aliphatic heterocycles. The Kier molecular flexibility index (Phi) is 8.07. The molecule has 5 heteroatoms. The van der Waals surface area contributed by atoms with E-state index in [1.807, 2.05) is 18.2 Å². The largest absolute Gasteiger partial charge is 0.441 e. The van der Waals surface area contributed by atoms with Crippen molar-refractivity contribution in [2.45, 2.75) is 44.2 Å². The Hall–Kier alpha value is -0.680. The molecule has 0 bridgehead atoms. The van der Waals surface area contributed by atoms with Crippen LogP contribution in [0.15, 0.2) is 30.3 Å². The molecule has 20 heavy (non-hydrogen) atoms. The van der Waals surface area contributed by atoms with Crippen molar-refractivity contribution < 1.29 is 13.2 Å². The van der Waals surface area contributed by atoms with E-state index >= 15 is 0 Å². The Labute approximate surface area is 123 Å². The molecule has 0 aliphatic rings. The van der Waals surface area contributed by atoms with E-state index in [0.29, 0.717) is 6.42 Å². The standard InChI is InChI=1S/C15H22F3NS/c1-2-11-19-14(13-8-4-3-5-9-13)10-6-7-12-20-15(16,17)18/h3-5,8-9,14,19H,2,6-7,10-12H2,1H3. The Morgan fingerprint density at radius 3 is 2.45 bits per heavy atom. The number of rotatable bonds is 9. The highest BCUT2D eigenvalue weighted by atomic mass is 32.2. The summed E-state index contributed by atoms with van der Waals surface area (Å²) in [6.45, 7) is 3.03. The molecule has 0 heterocycles. The second kappa shape index (κ2) is 9.29. The minimum atomic E-state index is -4.10. The number of benzene rings is 1. The van der Waals surface area contributed by atoms with E-state index in [9.17, 15) is 13.2 Å². The summed E-state index contributed by atoms with van der Waals surface area (Å²) >= 11 is 0.0785. The van der Waals surface area contributed by atoms with Crippen LogP contribution in [-0.4, -0.2) is 17.8 Å². The van der Waals surface area contributed by atoms with E-state index in [4.69, 9.17) is 0 Å². The molecule has 1 aromatic carbocycles. The quantitative estimate of drug-likeness (QED) is 0.633. The van der Waals surface area contributed by atoms with E-state index in [2.05, 4.69) is 24.4 Å². The van der Waals surface area contributed by atoms with Gasteiger partial charge < -0.3 is 5.32 Å². The van der Waals surface area contributed by atoms with Crippen LogP contribution < -0.4 is 5.32 Å². The monoisotopic (exact) mass is 305 g/mol. The van der Waals surface area contributed by atoms with Crippen molar-refractivity contribution in [1.82, 2.24) is 5.32 Å². The summed E-state index contributed by atoms with van der Waals surface area (Å²) in [5, 5.41) is 3.46. The summed E-state index contributed by atoms with van der Waals surface area (Å²) in [5.74, 6) is 0.152. The molecule has 1 nitrogen and oxygen atoms in total. The first-order chi connectivity index (χ1) is 9.53. The highest BCUT2D eigenvalue weighted by molar-refractivity contribution is 8.00. The Morgan fingerprint density at radius 1 is 1.15 bits per heavy atom. The average molecular weight is 305 g/mol. The predicted molar refractivity (Wildman–Crippen MR) is 79.8 cm³/mol. The fourth-order valence-electron chi connectivity index (χ4n) is 2.03. The third-order valence-corrected chi connectivity index (χ3v) is 3.82. The van der Waals surface area contributed by atoms with E-state index in [1.54, 1.807) is 0 Å². The van der Waals surface area contributed by atoms with Crippen LogP contribution in [0.2, 0.25) is 0 Å². The van der Waals surface area contributed by atoms with Gasteiger partial charge in [0.1, 0.15) is 0 Å². The lowest BCUT2D eigenvalue weighted by molar-refractivity contribution is -0.0328. The molecule has 0 spiro atoms. The number of thioether (sulfide) groups is 1. The Morgan fingerprint density at radius 2 is 1.85 bits per heavy atom. The zero-order chi connectivity index (χ0) is 14.8.